The van der Waals surface area contributed by atoms with E-state index in [1.165, 1.54) is 16.9 Å². The average molecular weight is 527 g/mol. The molecule has 2 rings (SSSR count). The summed E-state index contributed by atoms with van der Waals surface area (Å²) in [5, 5.41) is 20.8. The third kappa shape index (κ3) is 7.94. The maximum absolute atomic E-state index is 14.3. The van der Waals surface area contributed by atoms with Crippen molar-refractivity contribution in [1.29, 1.82) is 0 Å². The van der Waals surface area contributed by atoms with E-state index in [1.807, 2.05) is 0 Å². The summed E-state index contributed by atoms with van der Waals surface area (Å²) in [4.78, 5) is 27.6. The van der Waals surface area contributed by atoms with Crippen molar-refractivity contribution in [2.75, 3.05) is 25.0 Å². The van der Waals surface area contributed by atoms with E-state index in [0.29, 0.717) is 4.68 Å². The van der Waals surface area contributed by atoms with Crippen LogP contribution < -0.4 is 21.9 Å². The number of carbonyl (C=O) groups is 2. The molecule has 2 aromatic heterocycles. The first kappa shape index (κ1) is 28.6. The fourth-order valence-corrected chi connectivity index (χ4v) is 2.92. The van der Waals surface area contributed by atoms with Crippen molar-refractivity contribution < 1.29 is 41.0 Å². The molecule has 0 saturated heterocycles. The second-order valence-corrected chi connectivity index (χ2v) is 7.34. The minimum Gasteiger partial charge on any atom is -0.394 e. The maximum Gasteiger partial charge on any atom is 0.408 e. The van der Waals surface area contributed by atoms with E-state index in [9.17, 15) is 41.0 Å². The number of nitrogens with two attached hydrogens (primary N) is 1. The number of aliphatic hydroxyl groups is 1. The topological polar surface area (TPSA) is 164 Å². The van der Waals surface area contributed by atoms with E-state index in [0.717, 1.165) is 6.20 Å². The lowest BCUT2D eigenvalue weighted by Gasteiger charge is -2.19. The van der Waals surface area contributed by atoms with Crippen molar-refractivity contribution in [3.05, 3.63) is 30.1 Å². The number of rotatable bonds is 11. The normalized spacial score (nSPS) is 14.0. The molecule has 0 fully saturated rings. The molecule has 0 aliphatic rings. The molecule has 0 spiro atoms. The fourth-order valence-electron chi connectivity index (χ4n) is 2.92. The number of carbonyl (C=O) groups excluding carboxylic acids is 2. The molecule has 200 valence electrons. The number of hydrogen-bond donors (Lipinski definition) is 5. The van der Waals surface area contributed by atoms with Crippen LogP contribution in [0.4, 0.5) is 32.0 Å². The summed E-state index contributed by atoms with van der Waals surface area (Å²) in [6.07, 6.45) is -6.86. The van der Waals surface area contributed by atoms with Crippen LogP contribution in [0.3, 0.4) is 0 Å². The maximum atomic E-state index is 14.3. The van der Waals surface area contributed by atoms with E-state index in [-0.39, 0.29) is 12.3 Å². The number of nitrogens with one attached hydrogen (secondary N) is 3. The van der Waals surface area contributed by atoms with Gasteiger partial charge >= 0.3 is 6.18 Å². The molecule has 0 bridgehead atoms. The molecule has 18 heteroatoms. The van der Waals surface area contributed by atoms with Gasteiger partial charge in [0.05, 0.1) is 25.4 Å². The first-order valence-electron chi connectivity index (χ1n) is 10.2. The van der Waals surface area contributed by atoms with Gasteiger partial charge in [-0.15, -0.1) is 5.10 Å². The number of amidine groups is 1. The monoisotopic (exact) mass is 527 g/mol. The molecule has 0 radical (unpaired) electrons. The van der Waals surface area contributed by atoms with Crippen LogP contribution in [-0.4, -0.2) is 74.6 Å². The van der Waals surface area contributed by atoms with Crippen LogP contribution >= 0.6 is 0 Å². The Labute approximate surface area is 199 Å². The van der Waals surface area contributed by atoms with Gasteiger partial charge in [0.1, 0.15) is 29.8 Å². The standard InChI is InChI=1S/C18H23F6N9O3/c1-9(7-34)33-11(2-3-28-33)17(36)26-5-14(35)29-10-6-32(31-15(10)21)12(4-13(19)20)16(30-25)27-8-18(22,23)24/h2-3,6,9,12-13,34H,4-5,7-8,25H2,1H3,(H,26,36)(H,27,30)(H,29,35)/t9-,12?/m0/s1. The molecule has 1 unspecified atom stereocenters. The number of alkyl halides is 5. The van der Waals surface area contributed by atoms with Crippen LogP contribution in [-0.2, 0) is 4.79 Å². The lowest BCUT2D eigenvalue weighted by molar-refractivity contribution is -0.118. The first-order valence-corrected chi connectivity index (χ1v) is 10.2. The van der Waals surface area contributed by atoms with E-state index in [1.54, 1.807) is 12.3 Å². The molecule has 6 N–H and O–H groups in total. The highest BCUT2D eigenvalue weighted by molar-refractivity contribution is 5.98. The number of halogens is 6. The Morgan fingerprint density at radius 1 is 1.31 bits per heavy atom. The summed E-state index contributed by atoms with van der Waals surface area (Å²) in [6.45, 7) is -1.10. The highest BCUT2D eigenvalue weighted by Crippen LogP contribution is 2.23. The van der Waals surface area contributed by atoms with Gasteiger partial charge in [-0.2, -0.15) is 22.7 Å². The number of hydrazine groups is 1. The fraction of sp³-hybridized carbons (Fsp3) is 0.500. The molecule has 2 aromatic rings. The highest BCUT2D eigenvalue weighted by Gasteiger charge is 2.30. The van der Waals surface area contributed by atoms with Crippen molar-refractivity contribution >= 4 is 23.3 Å². The van der Waals surface area contributed by atoms with Gasteiger partial charge in [0, 0.05) is 12.6 Å². The van der Waals surface area contributed by atoms with Crippen LogP contribution in [0.25, 0.3) is 0 Å². The lowest BCUT2D eigenvalue weighted by atomic mass is 10.2. The Balaban J connectivity index is 2.12. The second-order valence-electron chi connectivity index (χ2n) is 7.34. The zero-order valence-corrected chi connectivity index (χ0v) is 18.6. The SMILES string of the molecule is C[C@@H](CO)n1nccc1C(=O)NCC(=O)Nc1cn(C(CC(F)F)C(=NCC(F)(F)F)NN)nc1F. The van der Waals surface area contributed by atoms with Crippen molar-refractivity contribution in [2.24, 2.45) is 10.8 Å². The number of amides is 2. The molecule has 2 heterocycles. The molecular weight excluding hydrogens is 504 g/mol. The van der Waals surface area contributed by atoms with Crippen molar-refractivity contribution in [1.82, 2.24) is 30.3 Å². The molecule has 12 nitrogen and oxygen atoms in total. The molecule has 0 aliphatic carbocycles. The second kappa shape index (κ2) is 12.3. The Bertz CT molecular complexity index is 1070. The summed E-state index contributed by atoms with van der Waals surface area (Å²) in [5.74, 6) is 1.39. The number of hydrogen-bond acceptors (Lipinski definition) is 7. The molecule has 0 aromatic carbocycles. The van der Waals surface area contributed by atoms with Crippen molar-refractivity contribution in [2.45, 2.75) is 38.0 Å². The minimum atomic E-state index is -4.76. The van der Waals surface area contributed by atoms with Gasteiger partial charge < -0.3 is 21.2 Å². The Morgan fingerprint density at radius 3 is 2.58 bits per heavy atom. The van der Waals surface area contributed by atoms with Gasteiger partial charge in [0.15, 0.2) is 0 Å². The molecule has 2 atom stereocenters. The summed E-state index contributed by atoms with van der Waals surface area (Å²) in [6, 6.07) is -0.899. The molecule has 2 amide bonds. The summed E-state index contributed by atoms with van der Waals surface area (Å²) >= 11 is 0. The number of nitrogens with zero attached hydrogens (tertiary/aromatic N) is 5. The number of aliphatic imine (C=N–C) groups is 1. The quantitative estimate of drug-likeness (QED) is 0.0947. The third-order valence-electron chi connectivity index (χ3n) is 4.57. The van der Waals surface area contributed by atoms with Gasteiger partial charge in [0.25, 0.3) is 11.9 Å². The Hall–Kier alpha value is -3.67. The Morgan fingerprint density at radius 2 is 2.00 bits per heavy atom. The average Bonchev–Trinajstić information content (AvgIpc) is 3.42. The van der Waals surface area contributed by atoms with Crippen LogP contribution in [0.2, 0.25) is 0 Å². The van der Waals surface area contributed by atoms with Crippen LogP contribution in [0, 0.1) is 5.95 Å². The minimum absolute atomic E-state index is 0.0400. The zero-order chi connectivity index (χ0) is 27.0. The summed E-state index contributed by atoms with van der Waals surface area (Å²) in [7, 11) is 0. The predicted octanol–water partition coefficient (Wildman–Crippen LogP) is 0.761. The van der Waals surface area contributed by atoms with Gasteiger partial charge in [-0.25, -0.2) is 14.6 Å². The zero-order valence-electron chi connectivity index (χ0n) is 18.6. The van der Waals surface area contributed by atoms with E-state index < -0.39 is 73.5 Å². The van der Waals surface area contributed by atoms with Crippen LogP contribution in [0.1, 0.15) is 35.9 Å². The largest absolute Gasteiger partial charge is 0.408 e. The predicted molar refractivity (Wildman–Crippen MR) is 113 cm³/mol. The van der Waals surface area contributed by atoms with Crippen molar-refractivity contribution in [3.8, 4) is 0 Å². The molecular formula is C18H23F6N9O3. The molecule has 36 heavy (non-hydrogen) atoms. The van der Waals surface area contributed by atoms with Gasteiger partial charge in [-0.1, -0.05) is 0 Å². The van der Waals surface area contributed by atoms with E-state index in [2.05, 4.69) is 25.8 Å². The van der Waals surface area contributed by atoms with Crippen LogP contribution in [0.5, 0.6) is 0 Å². The van der Waals surface area contributed by atoms with E-state index >= 15 is 0 Å². The van der Waals surface area contributed by atoms with E-state index in [4.69, 9.17) is 5.84 Å². The number of aliphatic hydroxyl groups excluding tert-OH is 1. The number of anilines is 1. The Kier molecular flexibility index (Phi) is 9.79. The summed E-state index contributed by atoms with van der Waals surface area (Å²) < 4.78 is 79.6. The smallest absolute Gasteiger partial charge is 0.394 e. The number of aromatic nitrogens is 4. The molecule has 0 saturated carbocycles. The van der Waals surface area contributed by atoms with Gasteiger partial charge in [-0.05, 0) is 13.0 Å². The third-order valence-corrected chi connectivity index (χ3v) is 4.57. The lowest BCUT2D eigenvalue weighted by Crippen LogP contribution is -2.39. The first-order chi connectivity index (χ1) is 16.9. The van der Waals surface area contributed by atoms with Gasteiger partial charge in [0.2, 0.25) is 12.3 Å². The van der Waals surface area contributed by atoms with Crippen molar-refractivity contribution in [3.63, 3.8) is 0 Å². The van der Waals surface area contributed by atoms with Gasteiger partial charge in [-0.3, -0.25) is 23.9 Å². The summed E-state index contributed by atoms with van der Waals surface area (Å²) in [5.41, 5.74) is 1.23. The highest BCUT2D eigenvalue weighted by atomic mass is 19.4. The molecule has 0 aliphatic heterocycles. The van der Waals surface area contributed by atoms with Crippen LogP contribution in [0.15, 0.2) is 23.5 Å².